The van der Waals surface area contributed by atoms with Gasteiger partial charge in [-0.1, -0.05) is 61.9 Å². The number of allylic oxidation sites excluding steroid dienone is 3. The highest BCUT2D eigenvalue weighted by Gasteiger charge is 2.26. The van der Waals surface area contributed by atoms with Crippen LogP contribution in [0, 0.1) is 5.41 Å². The summed E-state index contributed by atoms with van der Waals surface area (Å²) >= 11 is 0. The first-order chi connectivity index (χ1) is 11.5. The summed E-state index contributed by atoms with van der Waals surface area (Å²) in [6.45, 7) is 6.71. The third-order valence-electron chi connectivity index (χ3n) is 4.99. The fourth-order valence-corrected chi connectivity index (χ4v) is 3.68. The van der Waals surface area contributed by atoms with Crippen molar-refractivity contribution in [3.05, 3.63) is 65.8 Å². The number of anilines is 1. The van der Waals surface area contributed by atoms with Crippen molar-refractivity contribution in [2.75, 3.05) is 5.32 Å². The Bertz CT molecular complexity index is 821. The molecule has 2 aromatic carbocycles. The molecular weight excluding hydrogens is 294 g/mol. The molecule has 1 aliphatic rings. The molecule has 0 saturated heterocycles. The lowest BCUT2D eigenvalue weighted by molar-refractivity contribution is -0.111. The lowest BCUT2D eigenvalue weighted by atomic mass is 9.72. The van der Waals surface area contributed by atoms with Crippen LogP contribution in [0.15, 0.2) is 65.8 Å². The zero-order chi connectivity index (χ0) is 17.2. The minimum absolute atomic E-state index is 0.0759. The van der Waals surface area contributed by atoms with Gasteiger partial charge in [0, 0.05) is 17.1 Å². The van der Waals surface area contributed by atoms with Gasteiger partial charge in [0.2, 0.25) is 5.91 Å². The summed E-state index contributed by atoms with van der Waals surface area (Å²) in [6.07, 6.45) is 7.23. The van der Waals surface area contributed by atoms with Crippen molar-refractivity contribution in [3.63, 3.8) is 0 Å². The van der Waals surface area contributed by atoms with Gasteiger partial charge in [-0.05, 0) is 48.6 Å². The molecule has 0 bridgehead atoms. The number of amides is 1. The number of fused-ring (bicyclic) bond motifs is 1. The summed E-state index contributed by atoms with van der Waals surface area (Å²) in [6, 6.07) is 14.1. The number of benzene rings is 2. The minimum Gasteiger partial charge on any atom is -0.322 e. The summed E-state index contributed by atoms with van der Waals surface area (Å²) in [7, 11) is 0. The predicted octanol–water partition coefficient (Wildman–Crippen LogP) is 5.86. The average molecular weight is 319 g/mol. The first-order valence-electron chi connectivity index (χ1n) is 8.64. The van der Waals surface area contributed by atoms with E-state index in [1.807, 2.05) is 36.4 Å². The van der Waals surface area contributed by atoms with E-state index < -0.39 is 0 Å². The predicted molar refractivity (Wildman–Crippen MR) is 102 cm³/mol. The highest BCUT2D eigenvalue weighted by molar-refractivity contribution is 6.06. The molecule has 0 fully saturated rings. The van der Waals surface area contributed by atoms with Gasteiger partial charge in [0.05, 0.1) is 0 Å². The van der Waals surface area contributed by atoms with Gasteiger partial charge in [0.25, 0.3) is 0 Å². The molecule has 124 valence electrons. The van der Waals surface area contributed by atoms with E-state index >= 15 is 0 Å². The van der Waals surface area contributed by atoms with Gasteiger partial charge < -0.3 is 5.32 Å². The number of carbonyl (C=O) groups excluding carboxylic acids is 1. The zero-order valence-corrected chi connectivity index (χ0v) is 14.7. The molecule has 0 heterocycles. The molecule has 24 heavy (non-hydrogen) atoms. The third-order valence-corrected chi connectivity index (χ3v) is 4.99. The highest BCUT2D eigenvalue weighted by Crippen LogP contribution is 2.40. The van der Waals surface area contributed by atoms with Crippen molar-refractivity contribution in [1.82, 2.24) is 0 Å². The van der Waals surface area contributed by atoms with E-state index in [4.69, 9.17) is 0 Å². The maximum absolute atomic E-state index is 12.4. The molecule has 2 aromatic rings. The standard InChI is InChI=1S/C22H25NO/c1-16-8-7-15-22(2,3)19(16)13-14-21(24)23-20-12-6-10-17-9-4-5-11-18(17)20/h4-6,9-14H,7-8,15H2,1-3H3,(H,23,24). The molecule has 0 saturated carbocycles. The number of hydrogen-bond donors (Lipinski definition) is 1. The summed E-state index contributed by atoms with van der Waals surface area (Å²) in [5.74, 6) is -0.0759. The second kappa shape index (κ2) is 6.64. The van der Waals surface area contributed by atoms with Crippen LogP contribution in [-0.4, -0.2) is 5.91 Å². The maximum atomic E-state index is 12.4. The van der Waals surface area contributed by atoms with Crippen LogP contribution in [0.1, 0.15) is 40.0 Å². The van der Waals surface area contributed by atoms with Gasteiger partial charge in [0.15, 0.2) is 0 Å². The van der Waals surface area contributed by atoms with E-state index in [0.717, 1.165) is 22.9 Å². The van der Waals surface area contributed by atoms with Crippen LogP contribution in [0.3, 0.4) is 0 Å². The van der Waals surface area contributed by atoms with Crippen LogP contribution in [-0.2, 0) is 4.79 Å². The second-order valence-corrected chi connectivity index (χ2v) is 7.28. The Hall–Kier alpha value is -2.35. The van der Waals surface area contributed by atoms with Crippen LogP contribution < -0.4 is 5.32 Å². The molecule has 2 nitrogen and oxygen atoms in total. The Labute approximate surface area is 144 Å². The summed E-state index contributed by atoms with van der Waals surface area (Å²) in [4.78, 5) is 12.4. The number of rotatable bonds is 3. The smallest absolute Gasteiger partial charge is 0.248 e. The molecule has 0 unspecified atom stereocenters. The lowest BCUT2D eigenvalue weighted by Gasteiger charge is -2.32. The molecule has 1 N–H and O–H groups in total. The quantitative estimate of drug-likeness (QED) is 0.705. The minimum atomic E-state index is -0.0759. The molecule has 0 spiro atoms. The van der Waals surface area contributed by atoms with Crippen molar-refractivity contribution in [2.24, 2.45) is 5.41 Å². The lowest BCUT2D eigenvalue weighted by Crippen LogP contribution is -2.19. The summed E-state index contributed by atoms with van der Waals surface area (Å²) in [5.41, 5.74) is 3.72. The van der Waals surface area contributed by atoms with Gasteiger partial charge in [-0.3, -0.25) is 4.79 Å². The molecular formula is C22H25NO. The van der Waals surface area contributed by atoms with E-state index in [9.17, 15) is 4.79 Å². The topological polar surface area (TPSA) is 29.1 Å². The van der Waals surface area contributed by atoms with E-state index in [1.54, 1.807) is 6.08 Å². The Morgan fingerprint density at radius 1 is 1.12 bits per heavy atom. The zero-order valence-electron chi connectivity index (χ0n) is 14.7. The summed E-state index contributed by atoms with van der Waals surface area (Å²) < 4.78 is 0. The molecule has 0 atom stereocenters. The first kappa shape index (κ1) is 16.5. The van der Waals surface area contributed by atoms with Gasteiger partial charge in [-0.15, -0.1) is 0 Å². The van der Waals surface area contributed by atoms with Crippen molar-refractivity contribution in [3.8, 4) is 0 Å². The van der Waals surface area contributed by atoms with Crippen molar-refractivity contribution >= 4 is 22.4 Å². The normalized spacial score (nSPS) is 17.5. The Morgan fingerprint density at radius 3 is 2.67 bits per heavy atom. The number of nitrogens with one attached hydrogen (secondary N) is 1. The monoisotopic (exact) mass is 319 g/mol. The molecule has 0 aliphatic heterocycles. The van der Waals surface area contributed by atoms with Crippen LogP contribution in [0.4, 0.5) is 5.69 Å². The Balaban J connectivity index is 1.80. The summed E-state index contributed by atoms with van der Waals surface area (Å²) in [5, 5.41) is 5.21. The van der Waals surface area contributed by atoms with Gasteiger partial charge in [0.1, 0.15) is 0 Å². The van der Waals surface area contributed by atoms with Crippen LogP contribution in [0.5, 0.6) is 0 Å². The maximum Gasteiger partial charge on any atom is 0.248 e. The molecule has 1 amide bonds. The van der Waals surface area contributed by atoms with E-state index in [-0.39, 0.29) is 11.3 Å². The number of carbonyl (C=O) groups is 1. The number of hydrogen-bond acceptors (Lipinski definition) is 1. The molecule has 1 aliphatic carbocycles. The SMILES string of the molecule is CC1=C(C=CC(=O)Nc2cccc3ccccc23)C(C)(C)CCC1. The Kier molecular flexibility index (Phi) is 4.57. The van der Waals surface area contributed by atoms with Crippen molar-refractivity contribution in [2.45, 2.75) is 40.0 Å². The molecule has 0 radical (unpaired) electrons. The van der Waals surface area contributed by atoms with E-state index in [0.29, 0.717) is 0 Å². The highest BCUT2D eigenvalue weighted by atomic mass is 16.1. The van der Waals surface area contributed by atoms with Crippen molar-refractivity contribution < 1.29 is 4.79 Å². The fourth-order valence-electron chi connectivity index (χ4n) is 3.68. The second-order valence-electron chi connectivity index (χ2n) is 7.28. The largest absolute Gasteiger partial charge is 0.322 e. The fraction of sp³-hybridized carbons (Fsp3) is 0.318. The molecule has 2 heteroatoms. The third kappa shape index (κ3) is 3.43. The first-order valence-corrected chi connectivity index (χ1v) is 8.64. The van der Waals surface area contributed by atoms with Crippen LogP contribution >= 0.6 is 0 Å². The van der Waals surface area contributed by atoms with Crippen molar-refractivity contribution in [1.29, 1.82) is 0 Å². The average Bonchev–Trinajstić information content (AvgIpc) is 2.54. The van der Waals surface area contributed by atoms with Gasteiger partial charge in [-0.2, -0.15) is 0 Å². The van der Waals surface area contributed by atoms with E-state index in [2.05, 4.69) is 38.2 Å². The van der Waals surface area contributed by atoms with Crippen LogP contribution in [0.2, 0.25) is 0 Å². The Morgan fingerprint density at radius 2 is 1.88 bits per heavy atom. The van der Waals surface area contributed by atoms with Gasteiger partial charge >= 0.3 is 0 Å². The van der Waals surface area contributed by atoms with Gasteiger partial charge in [-0.25, -0.2) is 0 Å². The molecule has 0 aromatic heterocycles. The molecule has 3 rings (SSSR count). The van der Waals surface area contributed by atoms with Crippen LogP contribution in [0.25, 0.3) is 10.8 Å². The van der Waals surface area contributed by atoms with E-state index in [1.165, 1.54) is 24.0 Å².